The molecule has 16 heavy (non-hydrogen) atoms. The first-order valence-electron chi connectivity index (χ1n) is 5.31. The predicted molar refractivity (Wildman–Crippen MR) is 67.9 cm³/mol. The van der Waals surface area contributed by atoms with Gasteiger partial charge in [0.15, 0.2) is 0 Å². The van der Waals surface area contributed by atoms with Gasteiger partial charge in [-0.15, -0.1) is 0 Å². The number of carboxylic acid groups (broad SMARTS) is 2. The molecule has 0 radical (unpaired) electrons. The summed E-state index contributed by atoms with van der Waals surface area (Å²) in [5.41, 5.74) is 0. The van der Waals surface area contributed by atoms with Crippen LogP contribution in [0.5, 0.6) is 0 Å². The summed E-state index contributed by atoms with van der Waals surface area (Å²) in [6.45, 7) is 0. The molecule has 0 atom stereocenters. The Morgan fingerprint density at radius 2 is 1.25 bits per heavy atom. The highest BCUT2D eigenvalue weighted by molar-refractivity contribution is 8.76. The lowest BCUT2D eigenvalue weighted by atomic mass is 10.2. The lowest BCUT2D eigenvalue weighted by Gasteiger charge is -2.00. The monoisotopic (exact) mass is 266 g/mol. The van der Waals surface area contributed by atoms with Crippen molar-refractivity contribution in [2.45, 2.75) is 38.5 Å². The molecule has 4 nitrogen and oxygen atoms in total. The number of aliphatic carboxylic acids is 2. The van der Waals surface area contributed by atoms with Crippen LogP contribution in [0.1, 0.15) is 38.5 Å². The van der Waals surface area contributed by atoms with E-state index in [2.05, 4.69) is 0 Å². The average Bonchev–Trinajstić information content (AvgIpc) is 2.20. The van der Waals surface area contributed by atoms with Crippen LogP contribution in [-0.2, 0) is 9.59 Å². The Morgan fingerprint density at radius 3 is 1.81 bits per heavy atom. The molecule has 0 spiro atoms. The van der Waals surface area contributed by atoms with E-state index in [1.54, 1.807) is 21.6 Å². The standard InChI is InChI=1S/C10H18O4S2/c11-9(12)5-2-1-3-7-15-16-8-4-6-10(13)14/h1-8H2,(H,11,12)(H,13,14). The van der Waals surface area contributed by atoms with Crippen molar-refractivity contribution in [2.24, 2.45) is 0 Å². The van der Waals surface area contributed by atoms with Crippen LogP contribution in [0.3, 0.4) is 0 Å². The normalized spacial score (nSPS) is 10.2. The molecule has 94 valence electrons. The summed E-state index contributed by atoms with van der Waals surface area (Å²) in [6.07, 6.45) is 3.95. The Bertz CT molecular complexity index is 187. The second-order valence-electron chi connectivity index (χ2n) is 3.35. The molecule has 0 aliphatic carbocycles. The molecule has 0 aliphatic heterocycles. The van der Waals surface area contributed by atoms with Crippen LogP contribution >= 0.6 is 21.6 Å². The van der Waals surface area contributed by atoms with E-state index in [0.717, 1.165) is 30.8 Å². The van der Waals surface area contributed by atoms with Crippen LogP contribution in [0.4, 0.5) is 0 Å². The fraction of sp³-hybridized carbons (Fsp3) is 0.800. The molecule has 2 N–H and O–H groups in total. The topological polar surface area (TPSA) is 74.6 Å². The van der Waals surface area contributed by atoms with Crippen molar-refractivity contribution < 1.29 is 19.8 Å². The van der Waals surface area contributed by atoms with E-state index in [9.17, 15) is 9.59 Å². The molecule has 0 saturated carbocycles. The van der Waals surface area contributed by atoms with Gasteiger partial charge in [-0.2, -0.15) is 0 Å². The third-order valence-electron chi connectivity index (χ3n) is 1.82. The van der Waals surface area contributed by atoms with Gasteiger partial charge in [-0.05, 0) is 19.3 Å². The minimum atomic E-state index is -0.737. The van der Waals surface area contributed by atoms with E-state index >= 15 is 0 Å². The fourth-order valence-electron chi connectivity index (χ4n) is 1.01. The second-order valence-corrected chi connectivity index (χ2v) is 6.05. The highest BCUT2D eigenvalue weighted by Gasteiger charge is 1.98. The van der Waals surface area contributed by atoms with Crippen molar-refractivity contribution in [3.63, 3.8) is 0 Å². The second kappa shape index (κ2) is 11.1. The number of unbranched alkanes of at least 4 members (excludes halogenated alkanes) is 2. The summed E-state index contributed by atoms with van der Waals surface area (Å²) in [5.74, 6) is 0.415. The van der Waals surface area contributed by atoms with Crippen LogP contribution in [0.25, 0.3) is 0 Å². The Labute approximate surface area is 104 Å². The van der Waals surface area contributed by atoms with Gasteiger partial charge < -0.3 is 10.2 Å². The number of carbonyl (C=O) groups is 2. The molecule has 0 aliphatic rings. The third-order valence-corrected chi connectivity index (χ3v) is 4.40. The quantitative estimate of drug-likeness (QED) is 0.442. The molecule has 0 saturated heterocycles. The summed E-state index contributed by atoms with van der Waals surface area (Å²) >= 11 is 0. The van der Waals surface area contributed by atoms with Gasteiger partial charge in [-0.1, -0.05) is 28.0 Å². The molecule has 0 aromatic rings. The molecule has 0 aromatic heterocycles. The molecule has 0 rings (SSSR count). The number of carboxylic acids is 2. The Morgan fingerprint density at radius 1 is 0.750 bits per heavy atom. The van der Waals surface area contributed by atoms with Gasteiger partial charge in [0.05, 0.1) is 0 Å². The van der Waals surface area contributed by atoms with E-state index in [4.69, 9.17) is 10.2 Å². The molecule has 6 heteroatoms. The molecule has 0 heterocycles. The van der Waals surface area contributed by atoms with Crippen LogP contribution in [0, 0.1) is 0 Å². The third kappa shape index (κ3) is 13.6. The summed E-state index contributed by atoms with van der Waals surface area (Å²) in [6, 6.07) is 0. The SMILES string of the molecule is O=C(O)CCCCCSSCCCC(=O)O. The first-order valence-corrected chi connectivity index (χ1v) is 7.79. The molecule has 0 bridgehead atoms. The lowest BCUT2D eigenvalue weighted by Crippen LogP contribution is -1.94. The van der Waals surface area contributed by atoms with Crippen LogP contribution in [0.2, 0.25) is 0 Å². The van der Waals surface area contributed by atoms with Crippen molar-refractivity contribution in [3.05, 3.63) is 0 Å². The highest BCUT2D eigenvalue weighted by atomic mass is 33.1. The maximum absolute atomic E-state index is 10.2. The average molecular weight is 266 g/mol. The van der Waals surface area contributed by atoms with Gasteiger partial charge in [-0.25, -0.2) is 0 Å². The van der Waals surface area contributed by atoms with Crippen molar-refractivity contribution in [2.75, 3.05) is 11.5 Å². The van der Waals surface area contributed by atoms with Gasteiger partial charge in [0.25, 0.3) is 0 Å². The minimum absolute atomic E-state index is 0.242. The van der Waals surface area contributed by atoms with Crippen LogP contribution in [0.15, 0.2) is 0 Å². The summed E-state index contributed by atoms with van der Waals surface area (Å²) in [4.78, 5) is 20.4. The first kappa shape index (κ1) is 15.6. The maximum atomic E-state index is 10.2. The van der Waals surface area contributed by atoms with Gasteiger partial charge in [0.1, 0.15) is 0 Å². The molecule has 0 aromatic carbocycles. The maximum Gasteiger partial charge on any atom is 0.303 e. The predicted octanol–water partition coefficient (Wildman–Crippen LogP) is 2.88. The fourth-order valence-corrected chi connectivity index (χ4v) is 3.25. The summed E-state index contributed by atoms with van der Waals surface area (Å²) in [7, 11) is 3.44. The van der Waals surface area contributed by atoms with E-state index in [1.165, 1.54) is 0 Å². The van der Waals surface area contributed by atoms with Crippen LogP contribution in [-0.4, -0.2) is 33.7 Å². The van der Waals surface area contributed by atoms with E-state index < -0.39 is 11.9 Å². The molecule has 0 amide bonds. The number of hydrogen-bond acceptors (Lipinski definition) is 4. The number of rotatable bonds is 11. The van der Waals surface area contributed by atoms with Crippen molar-refractivity contribution in [1.82, 2.24) is 0 Å². The summed E-state index contributed by atoms with van der Waals surface area (Å²) in [5, 5.41) is 16.8. The Kier molecular flexibility index (Phi) is 10.9. The zero-order valence-electron chi connectivity index (χ0n) is 9.18. The van der Waals surface area contributed by atoms with Crippen molar-refractivity contribution in [1.29, 1.82) is 0 Å². The van der Waals surface area contributed by atoms with E-state index in [0.29, 0.717) is 6.42 Å². The zero-order valence-corrected chi connectivity index (χ0v) is 10.8. The smallest absolute Gasteiger partial charge is 0.303 e. The molecule has 0 unspecified atom stereocenters. The molecular formula is C10H18O4S2. The zero-order chi connectivity index (χ0) is 12.2. The lowest BCUT2D eigenvalue weighted by molar-refractivity contribution is -0.138. The minimum Gasteiger partial charge on any atom is -0.481 e. The Balaban J connectivity index is 2.98. The Hall–Kier alpha value is -0.360. The molecule has 0 fully saturated rings. The van der Waals surface area contributed by atoms with Gasteiger partial charge >= 0.3 is 11.9 Å². The van der Waals surface area contributed by atoms with Crippen molar-refractivity contribution >= 4 is 33.5 Å². The number of hydrogen-bond donors (Lipinski definition) is 2. The van der Waals surface area contributed by atoms with Crippen molar-refractivity contribution in [3.8, 4) is 0 Å². The highest BCUT2D eigenvalue weighted by Crippen LogP contribution is 2.24. The van der Waals surface area contributed by atoms with Gasteiger partial charge in [0, 0.05) is 24.3 Å². The van der Waals surface area contributed by atoms with Gasteiger partial charge in [-0.3, -0.25) is 9.59 Å². The first-order chi connectivity index (χ1) is 7.63. The summed E-state index contributed by atoms with van der Waals surface area (Å²) < 4.78 is 0. The van der Waals surface area contributed by atoms with E-state index in [1.807, 2.05) is 0 Å². The van der Waals surface area contributed by atoms with Crippen LogP contribution < -0.4 is 0 Å². The molecular weight excluding hydrogens is 248 g/mol. The van der Waals surface area contributed by atoms with Gasteiger partial charge in [0.2, 0.25) is 0 Å². The largest absolute Gasteiger partial charge is 0.481 e. The van der Waals surface area contributed by atoms with E-state index in [-0.39, 0.29) is 12.8 Å².